The number of ether oxygens (including phenoxy) is 2. The number of aliphatic hydroxyl groups is 1. The smallest absolute Gasteiger partial charge is 0.158 e. The third-order valence-electron chi connectivity index (χ3n) is 4.59. The third kappa shape index (κ3) is 3.69. The Kier molecular flexibility index (Phi) is 5.46. The van der Waals surface area contributed by atoms with E-state index in [-0.39, 0.29) is 18.5 Å². The van der Waals surface area contributed by atoms with Gasteiger partial charge in [0.25, 0.3) is 0 Å². The number of hydrogen-bond acceptors (Lipinski definition) is 3. The normalized spacial score (nSPS) is 36.3. The SMILES string of the molecule is CCCCC1CCC2(CC1)CCC(OCCO)O2. The van der Waals surface area contributed by atoms with Crippen LogP contribution in [0.1, 0.15) is 64.7 Å². The first-order valence-electron chi connectivity index (χ1n) is 7.68. The van der Waals surface area contributed by atoms with E-state index in [9.17, 15) is 0 Å². The van der Waals surface area contributed by atoms with Crippen LogP contribution in [0.2, 0.25) is 0 Å². The Morgan fingerprint density at radius 1 is 1.22 bits per heavy atom. The van der Waals surface area contributed by atoms with Gasteiger partial charge in [0.1, 0.15) is 0 Å². The summed E-state index contributed by atoms with van der Waals surface area (Å²) in [7, 11) is 0. The molecule has 1 spiro atoms. The van der Waals surface area contributed by atoms with E-state index in [2.05, 4.69) is 6.92 Å². The van der Waals surface area contributed by atoms with Crippen LogP contribution >= 0.6 is 0 Å². The minimum atomic E-state index is -0.0654. The summed E-state index contributed by atoms with van der Waals surface area (Å²) in [6, 6.07) is 0. The van der Waals surface area contributed by atoms with Gasteiger partial charge in [0.15, 0.2) is 6.29 Å². The van der Waals surface area contributed by atoms with Crippen molar-refractivity contribution >= 4 is 0 Å². The highest BCUT2D eigenvalue weighted by atomic mass is 16.7. The van der Waals surface area contributed by atoms with Gasteiger partial charge in [0.05, 0.1) is 18.8 Å². The average Bonchev–Trinajstić information content (AvgIpc) is 2.79. The first kappa shape index (κ1) is 14.3. The molecular weight excluding hydrogens is 228 g/mol. The van der Waals surface area contributed by atoms with Crippen molar-refractivity contribution in [2.45, 2.75) is 76.6 Å². The van der Waals surface area contributed by atoms with Gasteiger partial charge in [-0.2, -0.15) is 0 Å². The molecular formula is C15H28O3. The van der Waals surface area contributed by atoms with E-state index in [1.165, 1.54) is 44.9 Å². The van der Waals surface area contributed by atoms with Gasteiger partial charge in [-0.15, -0.1) is 0 Å². The van der Waals surface area contributed by atoms with Crippen LogP contribution in [0.25, 0.3) is 0 Å². The molecule has 3 nitrogen and oxygen atoms in total. The molecule has 0 bridgehead atoms. The van der Waals surface area contributed by atoms with Gasteiger partial charge in [-0.05, 0) is 38.0 Å². The molecule has 1 atom stereocenters. The number of aliphatic hydroxyl groups excluding tert-OH is 1. The molecule has 3 heteroatoms. The summed E-state index contributed by atoms with van der Waals surface area (Å²) in [6.07, 6.45) is 11.2. The summed E-state index contributed by atoms with van der Waals surface area (Å²) in [5, 5.41) is 8.77. The summed E-state index contributed by atoms with van der Waals surface area (Å²) >= 11 is 0. The molecule has 2 rings (SSSR count). The van der Waals surface area contributed by atoms with Crippen molar-refractivity contribution in [1.82, 2.24) is 0 Å². The highest BCUT2D eigenvalue weighted by Gasteiger charge is 2.42. The molecule has 0 radical (unpaired) electrons. The number of rotatable bonds is 6. The average molecular weight is 256 g/mol. The van der Waals surface area contributed by atoms with Crippen LogP contribution in [-0.2, 0) is 9.47 Å². The Hall–Kier alpha value is -0.120. The number of hydrogen-bond donors (Lipinski definition) is 1. The lowest BCUT2D eigenvalue weighted by Gasteiger charge is -2.37. The van der Waals surface area contributed by atoms with E-state index < -0.39 is 0 Å². The maximum atomic E-state index is 8.77. The van der Waals surface area contributed by atoms with Crippen LogP contribution in [-0.4, -0.2) is 30.2 Å². The summed E-state index contributed by atoms with van der Waals surface area (Å²) in [6.45, 7) is 2.76. The highest BCUT2D eigenvalue weighted by molar-refractivity contribution is 4.91. The zero-order valence-corrected chi connectivity index (χ0v) is 11.7. The molecule has 0 aromatic rings. The minimum Gasteiger partial charge on any atom is -0.394 e. The van der Waals surface area contributed by atoms with Crippen LogP contribution in [0.15, 0.2) is 0 Å². The topological polar surface area (TPSA) is 38.7 Å². The van der Waals surface area contributed by atoms with E-state index in [0.717, 1.165) is 18.8 Å². The largest absolute Gasteiger partial charge is 0.394 e. The molecule has 2 aliphatic rings. The lowest BCUT2D eigenvalue weighted by atomic mass is 9.76. The van der Waals surface area contributed by atoms with Gasteiger partial charge in [0, 0.05) is 6.42 Å². The van der Waals surface area contributed by atoms with E-state index >= 15 is 0 Å². The van der Waals surface area contributed by atoms with Gasteiger partial charge >= 0.3 is 0 Å². The van der Waals surface area contributed by atoms with Crippen molar-refractivity contribution in [3.63, 3.8) is 0 Å². The van der Waals surface area contributed by atoms with Gasteiger partial charge in [-0.1, -0.05) is 26.2 Å². The van der Waals surface area contributed by atoms with Crippen LogP contribution in [0.5, 0.6) is 0 Å². The molecule has 1 N–H and O–H groups in total. The van der Waals surface area contributed by atoms with E-state index in [4.69, 9.17) is 14.6 Å². The number of unbranched alkanes of at least 4 members (excludes halogenated alkanes) is 1. The maximum absolute atomic E-state index is 8.77. The predicted molar refractivity (Wildman–Crippen MR) is 71.4 cm³/mol. The van der Waals surface area contributed by atoms with Crippen LogP contribution in [0.4, 0.5) is 0 Å². The van der Waals surface area contributed by atoms with Crippen molar-refractivity contribution in [3.05, 3.63) is 0 Å². The molecule has 2 fully saturated rings. The zero-order chi connectivity index (χ0) is 12.8. The Labute approximate surface area is 111 Å². The van der Waals surface area contributed by atoms with Crippen LogP contribution < -0.4 is 0 Å². The molecule has 1 aliphatic heterocycles. The minimum absolute atomic E-state index is 0.0654. The molecule has 1 saturated heterocycles. The van der Waals surface area contributed by atoms with Crippen molar-refractivity contribution < 1.29 is 14.6 Å². The molecule has 1 heterocycles. The van der Waals surface area contributed by atoms with Crippen molar-refractivity contribution in [2.75, 3.05) is 13.2 Å². The molecule has 1 aliphatic carbocycles. The second-order valence-electron chi connectivity index (χ2n) is 5.95. The molecule has 0 amide bonds. The Morgan fingerprint density at radius 2 is 1.94 bits per heavy atom. The predicted octanol–water partition coefficient (Wildman–Crippen LogP) is 3.25. The summed E-state index contributed by atoms with van der Waals surface area (Å²) in [5.41, 5.74) is 0.114. The molecule has 18 heavy (non-hydrogen) atoms. The Balaban J connectivity index is 1.72. The van der Waals surface area contributed by atoms with Crippen LogP contribution in [0.3, 0.4) is 0 Å². The molecule has 0 aromatic carbocycles. The fourth-order valence-corrected chi connectivity index (χ4v) is 3.43. The fourth-order valence-electron chi connectivity index (χ4n) is 3.43. The monoisotopic (exact) mass is 256 g/mol. The van der Waals surface area contributed by atoms with E-state index in [1.807, 2.05) is 0 Å². The van der Waals surface area contributed by atoms with Crippen molar-refractivity contribution in [3.8, 4) is 0 Å². The quantitative estimate of drug-likeness (QED) is 0.793. The van der Waals surface area contributed by atoms with Crippen molar-refractivity contribution in [2.24, 2.45) is 5.92 Å². The standard InChI is InChI=1S/C15H28O3/c1-2-3-4-13-5-8-15(9-6-13)10-7-14(18-15)17-12-11-16/h13-14,16H,2-12H2,1H3. The van der Waals surface area contributed by atoms with Gasteiger partial charge in [0.2, 0.25) is 0 Å². The fraction of sp³-hybridized carbons (Fsp3) is 1.00. The van der Waals surface area contributed by atoms with Gasteiger partial charge in [-0.25, -0.2) is 0 Å². The summed E-state index contributed by atoms with van der Waals surface area (Å²) < 4.78 is 11.6. The second kappa shape index (κ2) is 6.88. The van der Waals surface area contributed by atoms with E-state index in [0.29, 0.717) is 6.61 Å². The summed E-state index contributed by atoms with van der Waals surface area (Å²) in [5.74, 6) is 0.927. The lowest BCUT2D eigenvalue weighted by Crippen LogP contribution is -2.35. The van der Waals surface area contributed by atoms with Crippen molar-refractivity contribution in [1.29, 1.82) is 0 Å². The first-order chi connectivity index (χ1) is 8.78. The highest BCUT2D eigenvalue weighted by Crippen LogP contribution is 2.44. The van der Waals surface area contributed by atoms with Crippen LogP contribution in [0, 0.1) is 5.92 Å². The third-order valence-corrected chi connectivity index (χ3v) is 4.59. The van der Waals surface area contributed by atoms with E-state index in [1.54, 1.807) is 0 Å². The molecule has 0 aromatic heterocycles. The Bertz CT molecular complexity index is 234. The Morgan fingerprint density at radius 3 is 2.61 bits per heavy atom. The summed E-state index contributed by atoms with van der Waals surface area (Å²) in [4.78, 5) is 0. The lowest BCUT2D eigenvalue weighted by molar-refractivity contribution is -0.182. The molecule has 1 unspecified atom stereocenters. The maximum Gasteiger partial charge on any atom is 0.158 e. The zero-order valence-electron chi connectivity index (χ0n) is 11.7. The molecule has 1 saturated carbocycles. The van der Waals surface area contributed by atoms with Gasteiger partial charge in [-0.3, -0.25) is 0 Å². The second-order valence-corrected chi connectivity index (χ2v) is 5.95. The molecule has 106 valence electrons. The van der Waals surface area contributed by atoms with Gasteiger partial charge < -0.3 is 14.6 Å². The first-order valence-corrected chi connectivity index (χ1v) is 7.68.